The van der Waals surface area contributed by atoms with E-state index in [9.17, 15) is 14.0 Å². The summed E-state index contributed by atoms with van der Waals surface area (Å²) in [7, 11) is 0. The van der Waals surface area contributed by atoms with Crippen molar-refractivity contribution < 1.29 is 18.4 Å². The van der Waals surface area contributed by atoms with Crippen molar-refractivity contribution in [3.8, 4) is 11.5 Å². The normalized spacial score (nSPS) is 11.1. The average Bonchev–Trinajstić information content (AvgIpc) is 3.40. The van der Waals surface area contributed by atoms with Gasteiger partial charge in [0.15, 0.2) is 6.61 Å². The van der Waals surface area contributed by atoms with Crippen molar-refractivity contribution in [1.82, 2.24) is 19.7 Å². The number of carbonyl (C=O) groups excluding carboxylic acids is 1. The average molecular weight is 499 g/mol. The maximum atomic E-state index is 13.2. The molecule has 37 heavy (non-hydrogen) atoms. The van der Waals surface area contributed by atoms with Crippen molar-refractivity contribution in [3.05, 3.63) is 112 Å². The summed E-state index contributed by atoms with van der Waals surface area (Å²) in [5, 5.41) is 3.79. The number of aromatic nitrogens is 4. The van der Waals surface area contributed by atoms with Gasteiger partial charge in [0.1, 0.15) is 11.5 Å². The summed E-state index contributed by atoms with van der Waals surface area (Å²) < 4.78 is 25.2. The van der Waals surface area contributed by atoms with Crippen LogP contribution in [0.1, 0.15) is 23.5 Å². The lowest BCUT2D eigenvalue weighted by molar-refractivity contribution is -0.145. The van der Waals surface area contributed by atoms with Crippen LogP contribution in [0.15, 0.2) is 88.2 Å². The van der Waals surface area contributed by atoms with Gasteiger partial charge in [0.05, 0.1) is 17.5 Å². The van der Waals surface area contributed by atoms with E-state index in [0.29, 0.717) is 29.7 Å². The predicted molar refractivity (Wildman–Crippen MR) is 134 cm³/mol. The van der Waals surface area contributed by atoms with Crippen molar-refractivity contribution in [1.29, 1.82) is 0 Å². The van der Waals surface area contributed by atoms with Crippen molar-refractivity contribution >= 4 is 17.0 Å². The number of halogens is 1. The number of fused-ring (bicyclic) bond motifs is 1. The zero-order valence-corrected chi connectivity index (χ0v) is 19.8. The van der Waals surface area contributed by atoms with E-state index in [-0.39, 0.29) is 42.5 Å². The second kappa shape index (κ2) is 10.9. The van der Waals surface area contributed by atoms with Gasteiger partial charge in [0, 0.05) is 18.5 Å². The van der Waals surface area contributed by atoms with Gasteiger partial charge >= 0.3 is 5.97 Å². The van der Waals surface area contributed by atoms with E-state index in [0.717, 1.165) is 11.1 Å². The second-order valence-corrected chi connectivity index (χ2v) is 8.42. The Labute approximate surface area is 211 Å². The number of esters is 1. The maximum Gasteiger partial charge on any atom is 0.306 e. The number of aryl methyl sites for hydroxylation is 3. The fraction of sp³-hybridized carbons (Fsp3) is 0.179. The number of para-hydroxylation sites is 2. The summed E-state index contributed by atoms with van der Waals surface area (Å²) in [6.45, 7) is 0.313. The highest BCUT2D eigenvalue weighted by molar-refractivity contribution is 5.75. The number of ether oxygens (including phenoxy) is 1. The first-order valence-corrected chi connectivity index (χ1v) is 11.8. The first kappa shape index (κ1) is 24.1. The summed E-state index contributed by atoms with van der Waals surface area (Å²) in [4.78, 5) is 34.3. The zero-order valence-electron chi connectivity index (χ0n) is 19.8. The van der Waals surface area contributed by atoms with Gasteiger partial charge in [-0.05, 0) is 48.4 Å². The third-order valence-corrected chi connectivity index (χ3v) is 5.87. The Bertz CT molecular complexity index is 1580. The minimum Gasteiger partial charge on any atom is -0.457 e. The van der Waals surface area contributed by atoms with E-state index in [2.05, 4.69) is 15.1 Å². The van der Waals surface area contributed by atoms with E-state index in [4.69, 9.17) is 9.26 Å². The number of nitrogens with zero attached hydrogens (tertiary/aromatic N) is 4. The van der Waals surface area contributed by atoms with Crippen LogP contribution in [-0.2, 0) is 35.5 Å². The number of rotatable bonds is 9. The van der Waals surface area contributed by atoms with Crippen LogP contribution in [-0.4, -0.2) is 25.7 Å². The molecule has 0 spiro atoms. The van der Waals surface area contributed by atoms with Crippen LogP contribution in [0, 0.1) is 5.82 Å². The van der Waals surface area contributed by atoms with E-state index < -0.39 is 5.97 Å². The minimum atomic E-state index is -0.515. The summed E-state index contributed by atoms with van der Waals surface area (Å²) >= 11 is 0. The van der Waals surface area contributed by atoms with Crippen molar-refractivity contribution in [3.63, 3.8) is 0 Å². The molecule has 3 aromatic carbocycles. The van der Waals surface area contributed by atoms with E-state index in [1.54, 1.807) is 4.57 Å². The lowest BCUT2D eigenvalue weighted by Crippen LogP contribution is -2.27. The first-order valence-electron chi connectivity index (χ1n) is 11.8. The minimum absolute atomic E-state index is 0.0259. The Balaban J connectivity index is 1.23. The molecule has 5 rings (SSSR count). The lowest BCUT2D eigenvalue weighted by Gasteiger charge is -2.12. The van der Waals surface area contributed by atoms with Gasteiger partial charge in [-0.1, -0.05) is 47.6 Å². The number of hydrogen-bond acceptors (Lipinski definition) is 7. The Morgan fingerprint density at radius 2 is 1.68 bits per heavy atom. The largest absolute Gasteiger partial charge is 0.457 e. The summed E-state index contributed by atoms with van der Waals surface area (Å²) in [5.41, 5.74) is 3.22. The fourth-order valence-electron chi connectivity index (χ4n) is 3.98. The quantitative estimate of drug-likeness (QED) is 0.276. The van der Waals surface area contributed by atoms with E-state index >= 15 is 0 Å². The van der Waals surface area contributed by atoms with Crippen LogP contribution in [0.25, 0.3) is 22.5 Å². The summed E-state index contributed by atoms with van der Waals surface area (Å²) in [5.74, 6) is -0.512. The van der Waals surface area contributed by atoms with Gasteiger partial charge in [0.25, 0.3) is 11.4 Å². The summed E-state index contributed by atoms with van der Waals surface area (Å²) in [6, 6.07) is 23.0. The predicted octanol–water partition coefficient (Wildman–Crippen LogP) is 4.50. The molecule has 0 N–H and O–H groups in total. The smallest absolute Gasteiger partial charge is 0.306 e. The number of benzene rings is 3. The van der Waals surface area contributed by atoms with Gasteiger partial charge in [-0.3, -0.25) is 9.59 Å². The zero-order chi connectivity index (χ0) is 25.6. The molecular formula is C28H23FN4O4. The van der Waals surface area contributed by atoms with Crippen LogP contribution < -0.4 is 5.56 Å². The van der Waals surface area contributed by atoms with Gasteiger partial charge in [-0.25, -0.2) is 9.37 Å². The Kier molecular flexibility index (Phi) is 7.12. The molecule has 0 aliphatic carbocycles. The Morgan fingerprint density at radius 1 is 0.919 bits per heavy atom. The Hall–Kier alpha value is -4.66. The molecule has 0 aliphatic rings. The van der Waals surface area contributed by atoms with E-state index in [1.165, 1.54) is 24.3 Å². The molecule has 0 radical (unpaired) electrons. The lowest BCUT2D eigenvalue weighted by atomic mass is 10.1. The molecule has 0 bridgehead atoms. The molecule has 9 heteroatoms. The standard InChI is InChI=1S/C28H23FN4O4/c29-21-12-10-20(11-13-21)27-31-25(32-37-27)18-36-26(34)15-14-23-28(35)33(17-16-19-6-2-1-3-7-19)24-9-5-4-8-22(24)30-23/h1-13H,14-18H2. The van der Waals surface area contributed by atoms with Gasteiger partial charge in [0.2, 0.25) is 5.82 Å². The molecule has 0 amide bonds. The molecule has 186 valence electrons. The maximum absolute atomic E-state index is 13.2. The molecular weight excluding hydrogens is 475 g/mol. The molecule has 0 saturated carbocycles. The Morgan fingerprint density at radius 3 is 2.49 bits per heavy atom. The van der Waals surface area contributed by atoms with Crippen LogP contribution in [0.5, 0.6) is 0 Å². The molecule has 5 aromatic rings. The highest BCUT2D eigenvalue weighted by Gasteiger charge is 2.15. The monoisotopic (exact) mass is 498 g/mol. The molecule has 0 saturated heterocycles. The highest BCUT2D eigenvalue weighted by atomic mass is 19.1. The van der Waals surface area contributed by atoms with Crippen molar-refractivity contribution in [2.75, 3.05) is 0 Å². The number of hydrogen-bond donors (Lipinski definition) is 0. The van der Waals surface area contributed by atoms with Gasteiger partial charge in [-0.2, -0.15) is 4.98 Å². The van der Waals surface area contributed by atoms with E-state index in [1.807, 2.05) is 54.6 Å². The van der Waals surface area contributed by atoms with Crippen LogP contribution in [0.3, 0.4) is 0 Å². The number of carbonyl (C=O) groups is 1. The molecule has 0 unspecified atom stereocenters. The van der Waals surface area contributed by atoms with Crippen molar-refractivity contribution in [2.24, 2.45) is 0 Å². The topological polar surface area (TPSA) is 100 Å². The molecule has 0 aliphatic heterocycles. The van der Waals surface area contributed by atoms with Crippen LogP contribution in [0.2, 0.25) is 0 Å². The van der Waals surface area contributed by atoms with Gasteiger partial charge < -0.3 is 13.8 Å². The summed E-state index contributed by atoms with van der Waals surface area (Å²) in [6.07, 6.45) is 0.809. The molecule has 0 fully saturated rings. The first-order chi connectivity index (χ1) is 18.1. The van der Waals surface area contributed by atoms with Crippen molar-refractivity contribution in [2.45, 2.75) is 32.4 Å². The van der Waals surface area contributed by atoms with Crippen LogP contribution in [0.4, 0.5) is 4.39 Å². The third kappa shape index (κ3) is 5.78. The highest BCUT2D eigenvalue weighted by Crippen LogP contribution is 2.18. The molecule has 2 heterocycles. The third-order valence-electron chi connectivity index (χ3n) is 5.87. The van der Waals surface area contributed by atoms with Crippen LogP contribution >= 0.6 is 0 Å². The fourth-order valence-corrected chi connectivity index (χ4v) is 3.98. The molecule has 8 nitrogen and oxygen atoms in total. The molecule has 2 aromatic heterocycles. The molecule has 0 atom stereocenters. The second-order valence-electron chi connectivity index (χ2n) is 8.42. The van der Waals surface area contributed by atoms with Gasteiger partial charge in [-0.15, -0.1) is 0 Å². The SMILES string of the molecule is O=C(CCc1nc2ccccc2n(CCc2ccccc2)c1=O)OCc1noc(-c2ccc(F)cc2)n1.